The summed E-state index contributed by atoms with van der Waals surface area (Å²) in [4.78, 5) is 12.2. The van der Waals surface area contributed by atoms with Gasteiger partial charge in [0, 0.05) is 6.04 Å². The number of hydrogen-bond donors (Lipinski definition) is 1. The van der Waals surface area contributed by atoms with Crippen LogP contribution in [0.3, 0.4) is 0 Å². The van der Waals surface area contributed by atoms with Crippen molar-refractivity contribution in [2.75, 3.05) is 5.75 Å². The molecule has 0 spiro atoms. The zero-order valence-corrected chi connectivity index (χ0v) is 17.1. The van der Waals surface area contributed by atoms with Gasteiger partial charge in [0.05, 0.1) is 12.3 Å². The maximum atomic E-state index is 12.2. The summed E-state index contributed by atoms with van der Waals surface area (Å²) in [5.74, 6) is 1.99. The molecule has 6 heteroatoms. The van der Waals surface area contributed by atoms with Crippen LogP contribution in [0.4, 0.5) is 0 Å². The van der Waals surface area contributed by atoms with E-state index < -0.39 is 0 Å². The van der Waals surface area contributed by atoms with Crippen molar-refractivity contribution in [2.24, 2.45) is 5.92 Å². The number of amides is 1. The molecule has 1 heterocycles. The molecular formula is C20H30N4OS. The Morgan fingerprint density at radius 2 is 1.88 bits per heavy atom. The molecule has 0 fully saturated rings. The van der Waals surface area contributed by atoms with Crippen molar-refractivity contribution in [2.45, 2.75) is 64.7 Å². The number of nitrogens with zero attached hydrogens (tertiary/aromatic N) is 3. The minimum absolute atomic E-state index is 0.0546. The molecule has 1 unspecified atom stereocenters. The number of nitrogens with one attached hydrogen (secondary N) is 1. The molecule has 2 aromatic rings. The van der Waals surface area contributed by atoms with E-state index in [0.717, 1.165) is 30.4 Å². The number of aryl methyl sites for hydroxylation is 1. The quantitative estimate of drug-likeness (QED) is 0.637. The third kappa shape index (κ3) is 6.83. The Labute approximate surface area is 161 Å². The van der Waals surface area contributed by atoms with Crippen LogP contribution in [-0.2, 0) is 11.3 Å². The third-order valence-electron chi connectivity index (χ3n) is 4.24. The predicted molar refractivity (Wildman–Crippen MR) is 107 cm³/mol. The first-order chi connectivity index (χ1) is 12.5. The first-order valence-electron chi connectivity index (χ1n) is 9.31. The summed E-state index contributed by atoms with van der Waals surface area (Å²) in [7, 11) is 0. The average molecular weight is 375 g/mol. The van der Waals surface area contributed by atoms with Gasteiger partial charge in [-0.3, -0.25) is 4.79 Å². The van der Waals surface area contributed by atoms with Crippen LogP contribution in [0, 0.1) is 12.8 Å². The lowest BCUT2D eigenvalue weighted by molar-refractivity contribution is -0.119. The van der Waals surface area contributed by atoms with Gasteiger partial charge in [-0.25, -0.2) is 0 Å². The van der Waals surface area contributed by atoms with Crippen molar-refractivity contribution in [1.82, 2.24) is 20.1 Å². The molecule has 0 saturated carbocycles. The lowest BCUT2D eigenvalue weighted by Crippen LogP contribution is -2.33. The summed E-state index contributed by atoms with van der Waals surface area (Å²) in [6.07, 6.45) is 3.38. The predicted octanol–water partition coefficient (Wildman–Crippen LogP) is 4.06. The Balaban J connectivity index is 1.83. The Bertz CT molecular complexity index is 684. The molecule has 5 nitrogen and oxygen atoms in total. The SMILES string of the molecule is Cc1nnc(SCC(=O)NC(C)CCCC(C)C)n1Cc1ccccc1. The van der Waals surface area contributed by atoms with Gasteiger partial charge in [-0.05, 0) is 31.7 Å². The molecule has 1 aromatic heterocycles. The maximum absolute atomic E-state index is 12.2. The van der Waals surface area contributed by atoms with Gasteiger partial charge in [0.25, 0.3) is 0 Å². The number of thioether (sulfide) groups is 1. The van der Waals surface area contributed by atoms with Crippen LogP contribution >= 0.6 is 11.8 Å². The number of hydrogen-bond acceptors (Lipinski definition) is 4. The summed E-state index contributed by atoms with van der Waals surface area (Å²) in [6, 6.07) is 10.4. The van der Waals surface area contributed by atoms with E-state index in [-0.39, 0.29) is 11.9 Å². The van der Waals surface area contributed by atoms with Gasteiger partial charge in [0.2, 0.25) is 5.91 Å². The van der Waals surface area contributed by atoms with Crippen LogP contribution in [0.1, 0.15) is 51.4 Å². The second-order valence-electron chi connectivity index (χ2n) is 7.18. The van der Waals surface area contributed by atoms with E-state index >= 15 is 0 Å². The minimum atomic E-state index is 0.0546. The Morgan fingerprint density at radius 3 is 2.58 bits per heavy atom. The molecule has 0 aliphatic carbocycles. The Morgan fingerprint density at radius 1 is 1.15 bits per heavy atom. The largest absolute Gasteiger partial charge is 0.353 e. The number of rotatable bonds is 10. The van der Waals surface area contributed by atoms with Crippen molar-refractivity contribution in [3.63, 3.8) is 0 Å². The van der Waals surface area contributed by atoms with Crippen molar-refractivity contribution in [1.29, 1.82) is 0 Å². The van der Waals surface area contributed by atoms with Crippen molar-refractivity contribution in [3.05, 3.63) is 41.7 Å². The van der Waals surface area contributed by atoms with E-state index in [1.165, 1.54) is 23.7 Å². The van der Waals surface area contributed by atoms with E-state index in [1.54, 1.807) is 0 Å². The third-order valence-corrected chi connectivity index (χ3v) is 5.21. The van der Waals surface area contributed by atoms with Crippen LogP contribution in [0.15, 0.2) is 35.5 Å². The second-order valence-corrected chi connectivity index (χ2v) is 8.13. The summed E-state index contributed by atoms with van der Waals surface area (Å²) in [6.45, 7) is 9.19. The van der Waals surface area contributed by atoms with Crippen LogP contribution in [0.5, 0.6) is 0 Å². The van der Waals surface area contributed by atoms with E-state index in [1.807, 2.05) is 25.1 Å². The van der Waals surface area contributed by atoms with Gasteiger partial charge < -0.3 is 9.88 Å². The molecule has 1 amide bonds. The van der Waals surface area contributed by atoms with Crippen molar-refractivity contribution in [3.8, 4) is 0 Å². The van der Waals surface area contributed by atoms with E-state index in [2.05, 4.69) is 53.0 Å². The van der Waals surface area contributed by atoms with Gasteiger partial charge in [-0.1, -0.05) is 68.8 Å². The summed E-state index contributed by atoms with van der Waals surface area (Å²) < 4.78 is 2.05. The smallest absolute Gasteiger partial charge is 0.230 e. The van der Waals surface area contributed by atoms with Crippen LogP contribution in [-0.4, -0.2) is 32.5 Å². The number of carbonyl (C=O) groups excluding carboxylic acids is 1. The first-order valence-corrected chi connectivity index (χ1v) is 10.3. The van der Waals surface area contributed by atoms with Gasteiger partial charge in [-0.2, -0.15) is 0 Å². The molecule has 26 heavy (non-hydrogen) atoms. The normalized spacial score (nSPS) is 12.3. The number of aromatic nitrogens is 3. The highest BCUT2D eigenvalue weighted by Gasteiger charge is 2.13. The molecule has 1 atom stereocenters. The van der Waals surface area contributed by atoms with Gasteiger partial charge >= 0.3 is 0 Å². The number of carbonyl (C=O) groups is 1. The monoisotopic (exact) mass is 374 g/mol. The van der Waals surface area contributed by atoms with Gasteiger partial charge in [0.15, 0.2) is 5.16 Å². The zero-order valence-electron chi connectivity index (χ0n) is 16.2. The molecule has 1 aromatic carbocycles. The summed E-state index contributed by atoms with van der Waals surface area (Å²) in [5.41, 5.74) is 1.19. The number of benzene rings is 1. The molecule has 0 aliphatic heterocycles. The van der Waals surface area contributed by atoms with Gasteiger partial charge in [-0.15, -0.1) is 10.2 Å². The molecule has 1 N–H and O–H groups in total. The standard InChI is InChI=1S/C20H30N4OS/c1-15(2)9-8-10-16(3)21-19(25)14-26-20-23-22-17(4)24(20)13-18-11-6-5-7-12-18/h5-7,11-12,15-16H,8-10,13-14H2,1-4H3,(H,21,25). The van der Waals surface area contributed by atoms with E-state index in [9.17, 15) is 4.79 Å². The van der Waals surface area contributed by atoms with E-state index in [4.69, 9.17) is 0 Å². The molecule has 2 rings (SSSR count). The van der Waals surface area contributed by atoms with Crippen molar-refractivity contribution < 1.29 is 4.79 Å². The first kappa shape index (κ1) is 20.5. The van der Waals surface area contributed by atoms with Crippen LogP contribution in [0.2, 0.25) is 0 Å². The molecular weight excluding hydrogens is 344 g/mol. The summed E-state index contributed by atoms with van der Waals surface area (Å²) in [5, 5.41) is 12.3. The molecule has 142 valence electrons. The van der Waals surface area contributed by atoms with Crippen LogP contribution < -0.4 is 5.32 Å². The molecule has 0 bridgehead atoms. The zero-order chi connectivity index (χ0) is 18.9. The molecule has 0 saturated heterocycles. The van der Waals surface area contributed by atoms with Gasteiger partial charge in [0.1, 0.15) is 5.82 Å². The lowest BCUT2D eigenvalue weighted by atomic mass is 10.0. The average Bonchev–Trinajstić information content (AvgIpc) is 2.94. The highest BCUT2D eigenvalue weighted by atomic mass is 32.2. The lowest BCUT2D eigenvalue weighted by Gasteiger charge is -2.14. The minimum Gasteiger partial charge on any atom is -0.353 e. The highest BCUT2D eigenvalue weighted by Crippen LogP contribution is 2.18. The molecule has 0 aliphatic rings. The van der Waals surface area contributed by atoms with Crippen molar-refractivity contribution >= 4 is 17.7 Å². The second kappa shape index (κ2) is 10.4. The fraction of sp³-hybridized carbons (Fsp3) is 0.550. The fourth-order valence-electron chi connectivity index (χ4n) is 2.77. The van der Waals surface area contributed by atoms with E-state index in [0.29, 0.717) is 11.7 Å². The highest BCUT2D eigenvalue weighted by molar-refractivity contribution is 7.99. The maximum Gasteiger partial charge on any atom is 0.230 e. The Hall–Kier alpha value is -1.82. The van der Waals surface area contributed by atoms with Crippen LogP contribution in [0.25, 0.3) is 0 Å². The topological polar surface area (TPSA) is 59.8 Å². The summed E-state index contributed by atoms with van der Waals surface area (Å²) >= 11 is 1.44. The molecule has 0 radical (unpaired) electrons. The fourth-order valence-corrected chi connectivity index (χ4v) is 3.56. The Kier molecular flexibility index (Phi) is 8.16.